The van der Waals surface area contributed by atoms with Crippen LogP contribution in [0.15, 0.2) is 0 Å². The molecule has 1 aliphatic heterocycles. The summed E-state index contributed by atoms with van der Waals surface area (Å²) in [4.78, 5) is 2.61. The van der Waals surface area contributed by atoms with Crippen molar-refractivity contribution < 1.29 is 9.47 Å². The molecule has 0 aromatic carbocycles. The van der Waals surface area contributed by atoms with Crippen LogP contribution in [0.4, 0.5) is 0 Å². The predicted molar refractivity (Wildman–Crippen MR) is 71.1 cm³/mol. The van der Waals surface area contributed by atoms with E-state index in [1.165, 1.54) is 19.3 Å². The van der Waals surface area contributed by atoms with Gasteiger partial charge in [-0.15, -0.1) is 0 Å². The van der Waals surface area contributed by atoms with Crippen molar-refractivity contribution in [1.29, 1.82) is 0 Å². The van der Waals surface area contributed by atoms with Gasteiger partial charge >= 0.3 is 0 Å². The maximum absolute atomic E-state index is 5.60. The Labute approximate surface area is 106 Å². The van der Waals surface area contributed by atoms with Crippen LogP contribution >= 0.6 is 0 Å². The highest BCUT2D eigenvalue weighted by Crippen LogP contribution is 2.23. The van der Waals surface area contributed by atoms with Crippen LogP contribution in [0.1, 0.15) is 53.4 Å². The molecule has 1 aliphatic rings. The molecular weight excluding hydrogens is 214 g/mol. The molecular formula is C14H29NO2. The van der Waals surface area contributed by atoms with Crippen molar-refractivity contribution in [2.75, 3.05) is 19.8 Å². The van der Waals surface area contributed by atoms with Gasteiger partial charge in [0.1, 0.15) is 0 Å². The minimum absolute atomic E-state index is 0.0219. The molecule has 17 heavy (non-hydrogen) atoms. The lowest BCUT2D eigenvalue weighted by Crippen LogP contribution is -2.45. The number of rotatable bonds is 7. The molecule has 0 saturated carbocycles. The second-order valence-electron chi connectivity index (χ2n) is 5.00. The van der Waals surface area contributed by atoms with E-state index in [1.54, 1.807) is 0 Å². The van der Waals surface area contributed by atoms with Crippen molar-refractivity contribution in [3.63, 3.8) is 0 Å². The summed E-state index contributed by atoms with van der Waals surface area (Å²) in [5.74, 6) is 0. The van der Waals surface area contributed by atoms with Crippen molar-refractivity contribution in [2.24, 2.45) is 0 Å². The van der Waals surface area contributed by atoms with Gasteiger partial charge in [0.25, 0.3) is 0 Å². The molecule has 3 nitrogen and oxygen atoms in total. The quantitative estimate of drug-likeness (QED) is 0.642. The van der Waals surface area contributed by atoms with Gasteiger partial charge in [0.05, 0.1) is 0 Å². The molecule has 0 bridgehead atoms. The molecule has 102 valence electrons. The first-order valence-electron chi connectivity index (χ1n) is 7.18. The molecule has 2 unspecified atom stereocenters. The minimum Gasteiger partial charge on any atom is -0.353 e. The van der Waals surface area contributed by atoms with Crippen LogP contribution in [0.2, 0.25) is 0 Å². The molecule has 2 atom stereocenters. The highest BCUT2D eigenvalue weighted by atomic mass is 16.7. The summed E-state index contributed by atoms with van der Waals surface area (Å²) in [6.45, 7) is 11.3. The Kier molecular flexibility index (Phi) is 7.09. The van der Waals surface area contributed by atoms with Gasteiger partial charge in [-0.1, -0.05) is 6.42 Å². The predicted octanol–water partition coefficient (Wildman–Crippen LogP) is 3.04. The minimum atomic E-state index is -0.0219. The van der Waals surface area contributed by atoms with E-state index >= 15 is 0 Å². The smallest absolute Gasteiger partial charge is 0.158 e. The molecule has 0 aliphatic carbocycles. The van der Waals surface area contributed by atoms with Gasteiger partial charge in [-0.2, -0.15) is 0 Å². The van der Waals surface area contributed by atoms with Gasteiger partial charge < -0.3 is 9.47 Å². The van der Waals surface area contributed by atoms with E-state index in [1.807, 2.05) is 13.8 Å². The number of hydrogen-bond acceptors (Lipinski definition) is 3. The number of ether oxygens (including phenoxy) is 2. The SMILES string of the molecule is CCOC(CCN1C(C)CCCC1C)OCC. The first kappa shape index (κ1) is 14.9. The summed E-state index contributed by atoms with van der Waals surface area (Å²) in [5.41, 5.74) is 0. The van der Waals surface area contributed by atoms with Crippen LogP contribution in [0, 0.1) is 0 Å². The van der Waals surface area contributed by atoms with Gasteiger partial charge in [0, 0.05) is 38.3 Å². The number of piperidine rings is 1. The zero-order chi connectivity index (χ0) is 12.7. The third-order valence-electron chi connectivity index (χ3n) is 3.70. The van der Waals surface area contributed by atoms with Crippen LogP contribution in [-0.2, 0) is 9.47 Å². The second kappa shape index (κ2) is 8.06. The van der Waals surface area contributed by atoms with Crippen LogP contribution in [0.5, 0.6) is 0 Å². The van der Waals surface area contributed by atoms with Gasteiger partial charge in [-0.25, -0.2) is 0 Å². The Balaban J connectivity index is 2.35. The molecule has 0 amide bonds. The molecule has 0 aromatic heterocycles. The Hall–Kier alpha value is -0.120. The standard InChI is InChI=1S/C14H29NO2/c1-5-16-14(17-6-2)10-11-15-12(3)8-7-9-13(15)4/h12-14H,5-11H2,1-4H3. The largest absolute Gasteiger partial charge is 0.353 e. The zero-order valence-corrected chi connectivity index (χ0v) is 11.9. The van der Waals surface area contributed by atoms with Gasteiger partial charge in [0.15, 0.2) is 6.29 Å². The Morgan fingerprint density at radius 3 is 2.06 bits per heavy atom. The van der Waals surface area contributed by atoms with Crippen molar-refractivity contribution in [2.45, 2.75) is 71.8 Å². The van der Waals surface area contributed by atoms with E-state index in [0.29, 0.717) is 12.1 Å². The molecule has 3 heteroatoms. The lowest BCUT2D eigenvalue weighted by atomic mass is 9.97. The number of nitrogens with zero attached hydrogens (tertiary/aromatic N) is 1. The van der Waals surface area contributed by atoms with Crippen molar-refractivity contribution >= 4 is 0 Å². The summed E-state index contributed by atoms with van der Waals surface area (Å²) in [5, 5.41) is 0. The summed E-state index contributed by atoms with van der Waals surface area (Å²) in [7, 11) is 0. The molecule has 1 rings (SSSR count). The van der Waals surface area contributed by atoms with Gasteiger partial charge in [-0.3, -0.25) is 4.90 Å². The van der Waals surface area contributed by atoms with Crippen molar-refractivity contribution in [3.05, 3.63) is 0 Å². The number of hydrogen-bond donors (Lipinski definition) is 0. The van der Waals surface area contributed by atoms with Crippen molar-refractivity contribution in [3.8, 4) is 0 Å². The molecule has 0 aromatic rings. The number of likely N-dealkylation sites (tertiary alicyclic amines) is 1. The van der Waals surface area contributed by atoms with Crippen LogP contribution in [-0.4, -0.2) is 43.0 Å². The fourth-order valence-corrected chi connectivity index (χ4v) is 2.76. The first-order valence-corrected chi connectivity index (χ1v) is 7.18. The fraction of sp³-hybridized carbons (Fsp3) is 1.00. The Bertz CT molecular complexity index is 183. The van der Waals surface area contributed by atoms with E-state index in [0.717, 1.165) is 26.2 Å². The maximum Gasteiger partial charge on any atom is 0.158 e. The van der Waals surface area contributed by atoms with E-state index < -0.39 is 0 Å². The van der Waals surface area contributed by atoms with E-state index in [-0.39, 0.29) is 6.29 Å². The summed E-state index contributed by atoms with van der Waals surface area (Å²) < 4.78 is 11.2. The summed E-state index contributed by atoms with van der Waals surface area (Å²) in [6, 6.07) is 1.42. The monoisotopic (exact) mass is 243 g/mol. The second-order valence-corrected chi connectivity index (χ2v) is 5.00. The molecule has 1 heterocycles. The average molecular weight is 243 g/mol. The summed E-state index contributed by atoms with van der Waals surface area (Å²) >= 11 is 0. The summed E-state index contributed by atoms with van der Waals surface area (Å²) in [6.07, 6.45) is 5.00. The fourth-order valence-electron chi connectivity index (χ4n) is 2.76. The third-order valence-corrected chi connectivity index (χ3v) is 3.70. The molecule has 0 spiro atoms. The molecule has 1 saturated heterocycles. The highest BCUT2D eigenvalue weighted by molar-refractivity contribution is 4.79. The van der Waals surface area contributed by atoms with Crippen LogP contribution < -0.4 is 0 Å². The van der Waals surface area contributed by atoms with Crippen molar-refractivity contribution in [1.82, 2.24) is 4.90 Å². The van der Waals surface area contributed by atoms with E-state index in [9.17, 15) is 0 Å². The highest BCUT2D eigenvalue weighted by Gasteiger charge is 2.25. The Morgan fingerprint density at radius 2 is 1.59 bits per heavy atom. The van der Waals surface area contributed by atoms with E-state index in [2.05, 4.69) is 18.7 Å². The molecule has 0 N–H and O–H groups in total. The normalized spacial score (nSPS) is 26.6. The lowest BCUT2D eigenvalue weighted by Gasteiger charge is -2.39. The molecule has 0 radical (unpaired) electrons. The first-order chi connectivity index (χ1) is 8.19. The van der Waals surface area contributed by atoms with Gasteiger partial charge in [0.2, 0.25) is 0 Å². The lowest BCUT2D eigenvalue weighted by molar-refractivity contribution is -0.143. The van der Waals surface area contributed by atoms with Crippen LogP contribution in [0.25, 0.3) is 0 Å². The molecule has 1 fully saturated rings. The maximum atomic E-state index is 5.60. The average Bonchev–Trinajstić information content (AvgIpc) is 2.29. The topological polar surface area (TPSA) is 21.7 Å². The Morgan fingerprint density at radius 1 is 1.06 bits per heavy atom. The zero-order valence-electron chi connectivity index (χ0n) is 11.9. The van der Waals surface area contributed by atoms with E-state index in [4.69, 9.17) is 9.47 Å². The van der Waals surface area contributed by atoms with Crippen LogP contribution in [0.3, 0.4) is 0 Å². The van der Waals surface area contributed by atoms with Gasteiger partial charge in [-0.05, 0) is 40.5 Å². The third kappa shape index (κ3) is 4.94.